The smallest absolute Gasteiger partial charge is 0.306 e. The third-order valence-electron chi connectivity index (χ3n) is 4.74. The van der Waals surface area contributed by atoms with E-state index in [1.54, 1.807) is 28.9 Å². The van der Waals surface area contributed by atoms with Gasteiger partial charge in [-0.25, -0.2) is 4.68 Å². The molecule has 1 aromatic heterocycles. The number of benzene rings is 1. The number of rotatable bonds is 5. The molecule has 0 spiro atoms. The number of carboxylic acid groups (broad SMARTS) is 1. The van der Waals surface area contributed by atoms with Gasteiger partial charge in [-0.3, -0.25) is 14.4 Å². The Kier molecular flexibility index (Phi) is 5.54. The van der Waals surface area contributed by atoms with E-state index < -0.39 is 11.9 Å². The molecule has 8 nitrogen and oxygen atoms in total. The van der Waals surface area contributed by atoms with Gasteiger partial charge in [0, 0.05) is 26.3 Å². The van der Waals surface area contributed by atoms with Crippen molar-refractivity contribution in [3.05, 3.63) is 48.3 Å². The van der Waals surface area contributed by atoms with Crippen LogP contribution in [0.15, 0.2) is 42.6 Å². The molecule has 1 aromatic carbocycles. The number of carbonyl (C=O) groups excluding carboxylic acids is 2. The number of para-hydroxylation sites is 1. The summed E-state index contributed by atoms with van der Waals surface area (Å²) < 4.78 is 1.61. The van der Waals surface area contributed by atoms with Crippen LogP contribution in [0.3, 0.4) is 0 Å². The fourth-order valence-electron chi connectivity index (χ4n) is 3.11. The molecular weight excluding hydrogens is 348 g/mol. The molecule has 1 N–H and O–H groups in total. The standard InChI is InChI=1S/C19H22N4O4/c1-21(13-17(24)22-10-7-14(8-11-22)19(26)27)18(25)16-9-12-23(20-16)15-5-3-2-4-6-15/h2-6,9,12,14H,7-8,10-11,13H2,1H3,(H,26,27). The minimum absolute atomic E-state index is 0.0607. The van der Waals surface area contributed by atoms with E-state index in [9.17, 15) is 14.4 Å². The number of nitrogens with zero attached hydrogens (tertiary/aromatic N) is 4. The molecule has 0 atom stereocenters. The summed E-state index contributed by atoms with van der Waals surface area (Å²) in [6, 6.07) is 11.1. The van der Waals surface area contributed by atoms with Crippen LogP contribution >= 0.6 is 0 Å². The zero-order chi connectivity index (χ0) is 19.4. The van der Waals surface area contributed by atoms with Crippen LogP contribution in [0.1, 0.15) is 23.3 Å². The van der Waals surface area contributed by atoms with Crippen LogP contribution in [0.4, 0.5) is 0 Å². The van der Waals surface area contributed by atoms with Gasteiger partial charge in [-0.2, -0.15) is 5.10 Å². The fourth-order valence-corrected chi connectivity index (χ4v) is 3.11. The van der Waals surface area contributed by atoms with Crippen LogP contribution in [0.2, 0.25) is 0 Å². The van der Waals surface area contributed by atoms with Crippen molar-refractivity contribution in [1.29, 1.82) is 0 Å². The monoisotopic (exact) mass is 370 g/mol. The van der Waals surface area contributed by atoms with E-state index in [-0.39, 0.29) is 24.1 Å². The molecule has 1 saturated heterocycles. The lowest BCUT2D eigenvalue weighted by Gasteiger charge is -2.31. The van der Waals surface area contributed by atoms with E-state index >= 15 is 0 Å². The van der Waals surface area contributed by atoms with Crippen molar-refractivity contribution in [3.8, 4) is 5.69 Å². The predicted octanol–water partition coefficient (Wildman–Crippen LogP) is 1.27. The van der Waals surface area contributed by atoms with Gasteiger partial charge in [-0.1, -0.05) is 18.2 Å². The molecule has 0 aliphatic carbocycles. The summed E-state index contributed by atoms with van der Waals surface area (Å²) in [5.41, 5.74) is 1.11. The molecule has 0 unspecified atom stereocenters. The summed E-state index contributed by atoms with van der Waals surface area (Å²) in [7, 11) is 1.56. The number of likely N-dealkylation sites (N-methyl/N-ethyl adjacent to an activating group) is 1. The highest BCUT2D eigenvalue weighted by molar-refractivity contribution is 5.94. The van der Waals surface area contributed by atoms with Gasteiger partial charge >= 0.3 is 5.97 Å². The van der Waals surface area contributed by atoms with Gasteiger partial charge in [0.2, 0.25) is 5.91 Å². The first-order chi connectivity index (χ1) is 13.0. The van der Waals surface area contributed by atoms with Gasteiger partial charge < -0.3 is 14.9 Å². The molecule has 0 radical (unpaired) electrons. The average molecular weight is 370 g/mol. The first-order valence-electron chi connectivity index (χ1n) is 8.83. The van der Waals surface area contributed by atoms with Crippen LogP contribution in [-0.2, 0) is 9.59 Å². The van der Waals surface area contributed by atoms with E-state index in [1.165, 1.54) is 4.90 Å². The maximum absolute atomic E-state index is 12.6. The Hall–Kier alpha value is -3.16. The molecule has 1 fully saturated rings. The highest BCUT2D eigenvalue weighted by atomic mass is 16.4. The van der Waals surface area contributed by atoms with Crippen molar-refractivity contribution in [2.24, 2.45) is 5.92 Å². The summed E-state index contributed by atoms with van der Waals surface area (Å²) in [5.74, 6) is -1.73. The summed E-state index contributed by atoms with van der Waals surface area (Å²) in [6.45, 7) is 0.746. The van der Waals surface area contributed by atoms with Gasteiger partial charge in [0.1, 0.15) is 0 Å². The number of piperidine rings is 1. The van der Waals surface area contributed by atoms with Gasteiger partial charge in [0.05, 0.1) is 18.2 Å². The lowest BCUT2D eigenvalue weighted by Crippen LogP contribution is -2.45. The Morgan fingerprint density at radius 2 is 1.81 bits per heavy atom. The molecule has 142 valence electrons. The number of hydrogen-bond acceptors (Lipinski definition) is 4. The van der Waals surface area contributed by atoms with Crippen LogP contribution in [0, 0.1) is 5.92 Å². The summed E-state index contributed by atoms with van der Waals surface area (Å²) >= 11 is 0. The van der Waals surface area contributed by atoms with E-state index in [0.717, 1.165) is 5.69 Å². The summed E-state index contributed by atoms with van der Waals surface area (Å²) in [6.07, 6.45) is 2.59. The molecule has 1 aliphatic heterocycles. The van der Waals surface area contributed by atoms with Crippen molar-refractivity contribution in [3.63, 3.8) is 0 Å². The molecular formula is C19H22N4O4. The SMILES string of the molecule is CN(CC(=O)N1CCC(C(=O)O)CC1)C(=O)c1ccn(-c2ccccc2)n1. The van der Waals surface area contributed by atoms with Crippen molar-refractivity contribution >= 4 is 17.8 Å². The predicted molar refractivity (Wildman–Crippen MR) is 97.5 cm³/mol. The van der Waals surface area contributed by atoms with Gasteiger partial charge in [-0.05, 0) is 31.0 Å². The number of likely N-dealkylation sites (tertiary alicyclic amines) is 1. The van der Waals surface area contributed by atoms with E-state index in [0.29, 0.717) is 25.9 Å². The zero-order valence-corrected chi connectivity index (χ0v) is 15.1. The van der Waals surface area contributed by atoms with Crippen LogP contribution < -0.4 is 0 Å². The molecule has 0 bridgehead atoms. The summed E-state index contributed by atoms with van der Waals surface area (Å²) in [4.78, 5) is 38.9. The highest BCUT2D eigenvalue weighted by Gasteiger charge is 2.28. The Balaban J connectivity index is 1.57. The second kappa shape index (κ2) is 8.03. The van der Waals surface area contributed by atoms with Crippen LogP contribution in [-0.4, -0.2) is 69.2 Å². The molecule has 2 heterocycles. The second-order valence-electron chi connectivity index (χ2n) is 6.64. The number of aliphatic carboxylic acids is 1. The van der Waals surface area contributed by atoms with Crippen molar-refractivity contribution in [1.82, 2.24) is 19.6 Å². The van der Waals surface area contributed by atoms with Crippen molar-refractivity contribution < 1.29 is 19.5 Å². The molecule has 8 heteroatoms. The average Bonchev–Trinajstić information content (AvgIpc) is 3.18. The number of hydrogen-bond donors (Lipinski definition) is 1. The molecule has 3 rings (SSSR count). The maximum atomic E-state index is 12.6. The number of carboxylic acids is 1. The summed E-state index contributed by atoms with van der Waals surface area (Å²) in [5, 5.41) is 13.3. The normalized spacial score (nSPS) is 14.8. The van der Waals surface area contributed by atoms with E-state index in [1.807, 2.05) is 30.3 Å². The Morgan fingerprint density at radius 3 is 2.44 bits per heavy atom. The Labute approximate surface area is 157 Å². The van der Waals surface area contributed by atoms with Crippen LogP contribution in [0.5, 0.6) is 0 Å². The minimum Gasteiger partial charge on any atom is -0.481 e. The van der Waals surface area contributed by atoms with Gasteiger partial charge in [-0.15, -0.1) is 0 Å². The van der Waals surface area contributed by atoms with Crippen molar-refractivity contribution in [2.75, 3.05) is 26.7 Å². The highest BCUT2D eigenvalue weighted by Crippen LogP contribution is 2.17. The van der Waals surface area contributed by atoms with Crippen molar-refractivity contribution in [2.45, 2.75) is 12.8 Å². The third kappa shape index (κ3) is 4.33. The molecule has 27 heavy (non-hydrogen) atoms. The molecule has 1 aliphatic rings. The first-order valence-corrected chi connectivity index (χ1v) is 8.83. The van der Waals surface area contributed by atoms with Gasteiger partial charge in [0.25, 0.3) is 5.91 Å². The molecule has 2 amide bonds. The van der Waals surface area contributed by atoms with Crippen LogP contribution in [0.25, 0.3) is 5.69 Å². The fraction of sp³-hybridized carbons (Fsp3) is 0.368. The van der Waals surface area contributed by atoms with E-state index in [4.69, 9.17) is 5.11 Å². The minimum atomic E-state index is -0.816. The molecule has 0 saturated carbocycles. The number of carbonyl (C=O) groups is 3. The second-order valence-corrected chi connectivity index (χ2v) is 6.64. The zero-order valence-electron chi connectivity index (χ0n) is 15.1. The largest absolute Gasteiger partial charge is 0.481 e. The lowest BCUT2D eigenvalue weighted by molar-refractivity contribution is -0.145. The number of amides is 2. The Morgan fingerprint density at radius 1 is 1.15 bits per heavy atom. The maximum Gasteiger partial charge on any atom is 0.306 e. The topological polar surface area (TPSA) is 95.7 Å². The third-order valence-corrected chi connectivity index (χ3v) is 4.74. The van der Waals surface area contributed by atoms with E-state index in [2.05, 4.69) is 5.10 Å². The Bertz CT molecular complexity index is 825. The lowest BCUT2D eigenvalue weighted by atomic mass is 9.97. The first kappa shape index (κ1) is 18.6. The number of aromatic nitrogens is 2. The molecule has 2 aromatic rings. The van der Waals surface area contributed by atoms with Gasteiger partial charge in [0.15, 0.2) is 5.69 Å². The quantitative estimate of drug-likeness (QED) is 0.855.